The van der Waals surface area contributed by atoms with Crippen LogP contribution in [0.4, 0.5) is 4.39 Å². The molecule has 0 saturated carbocycles. The summed E-state index contributed by atoms with van der Waals surface area (Å²) in [5.41, 5.74) is 2.89. The third-order valence-electron chi connectivity index (χ3n) is 4.98. The maximum atomic E-state index is 13.5. The first-order valence-corrected chi connectivity index (χ1v) is 10.4. The quantitative estimate of drug-likeness (QED) is 0.408. The van der Waals surface area contributed by atoms with Crippen molar-refractivity contribution in [3.05, 3.63) is 95.6 Å². The molecule has 3 rings (SSSR count). The first-order chi connectivity index (χ1) is 15.2. The van der Waals surface area contributed by atoms with Crippen molar-refractivity contribution in [1.82, 2.24) is 9.47 Å². The first-order valence-electron chi connectivity index (χ1n) is 10.4. The molecule has 0 saturated heterocycles. The predicted octanol–water partition coefficient (Wildman–Crippen LogP) is 4.26. The highest BCUT2D eigenvalue weighted by molar-refractivity contribution is 5.77. The summed E-state index contributed by atoms with van der Waals surface area (Å²) in [5, 5.41) is 0. The molecule has 0 aliphatic heterocycles. The molecule has 0 unspecified atom stereocenters. The summed E-state index contributed by atoms with van der Waals surface area (Å²) >= 11 is 0. The van der Waals surface area contributed by atoms with Gasteiger partial charge in [0.25, 0.3) is 0 Å². The van der Waals surface area contributed by atoms with Gasteiger partial charge in [-0.25, -0.2) is 4.39 Å². The number of carbonyl (C=O) groups is 1. The second-order valence-corrected chi connectivity index (χ2v) is 7.40. The molecule has 1 amide bonds. The molecule has 0 atom stereocenters. The van der Waals surface area contributed by atoms with E-state index in [2.05, 4.69) is 0 Å². The largest absolute Gasteiger partial charge is 0.385 e. The lowest BCUT2D eigenvalue weighted by molar-refractivity contribution is -0.137. The third kappa shape index (κ3) is 7.35. The summed E-state index contributed by atoms with van der Waals surface area (Å²) in [7, 11) is 1.65. The topological polar surface area (TPSA) is 43.7 Å². The number of rotatable bonds is 12. The van der Waals surface area contributed by atoms with Crippen molar-refractivity contribution in [2.24, 2.45) is 0 Å². The zero-order valence-corrected chi connectivity index (χ0v) is 17.9. The molecule has 0 fully saturated rings. The molecule has 31 heavy (non-hydrogen) atoms. The Labute approximate surface area is 183 Å². The number of benzene rings is 2. The maximum Gasteiger partial charge on any atom is 0.248 e. The van der Waals surface area contributed by atoms with Gasteiger partial charge in [0.05, 0.1) is 13.2 Å². The van der Waals surface area contributed by atoms with Gasteiger partial charge in [-0.15, -0.1) is 0 Å². The van der Waals surface area contributed by atoms with Crippen LogP contribution in [0, 0.1) is 5.82 Å². The van der Waals surface area contributed by atoms with Crippen molar-refractivity contribution in [2.45, 2.75) is 26.1 Å². The van der Waals surface area contributed by atoms with E-state index in [0.717, 1.165) is 23.2 Å². The van der Waals surface area contributed by atoms with Crippen molar-refractivity contribution in [1.29, 1.82) is 0 Å². The molecule has 2 aromatic carbocycles. The maximum absolute atomic E-state index is 13.5. The third-order valence-corrected chi connectivity index (χ3v) is 4.98. The number of hydrogen-bond donors (Lipinski definition) is 0. The number of halogens is 1. The molecule has 0 bridgehead atoms. The Kier molecular flexibility index (Phi) is 8.82. The second kappa shape index (κ2) is 12.0. The highest BCUT2D eigenvalue weighted by atomic mass is 19.1. The summed E-state index contributed by atoms with van der Waals surface area (Å²) in [4.78, 5) is 14.7. The zero-order valence-electron chi connectivity index (χ0n) is 17.9. The minimum Gasteiger partial charge on any atom is -0.385 e. The van der Waals surface area contributed by atoms with Gasteiger partial charge in [0.1, 0.15) is 12.4 Å². The molecule has 5 nitrogen and oxygen atoms in total. The van der Waals surface area contributed by atoms with E-state index in [1.54, 1.807) is 18.1 Å². The number of hydrogen-bond acceptors (Lipinski definition) is 3. The Bertz CT molecular complexity index is 943. The molecule has 0 spiro atoms. The van der Waals surface area contributed by atoms with E-state index < -0.39 is 0 Å². The van der Waals surface area contributed by atoms with E-state index >= 15 is 0 Å². The summed E-state index contributed by atoms with van der Waals surface area (Å²) < 4.78 is 26.4. The van der Waals surface area contributed by atoms with Gasteiger partial charge in [-0.2, -0.15) is 0 Å². The molecular formula is C25H29FN2O3. The number of ether oxygens (including phenoxy) is 2. The Balaban J connectivity index is 1.62. The summed E-state index contributed by atoms with van der Waals surface area (Å²) in [5.74, 6) is -0.316. The minimum absolute atomic E-state index is 0.0203. The molecule has 1 aromatic heterocycles. The Hall–Kier alpha value is -2.96. The van der Waals surface area contributed by atoms with Crippen LogP contribution in [0.5, 0.6) is 0 Å². The molecular weight excluding hydrogens is 395 g/mol. The Morgan fingerprint density at radius 3 is 2.61 bits per heavy atom. The minimum atomic E-state index is -0.252. The smallest absolute Gasteiger partial charge is 0.248 e. The number of amides is 1. The van der Waals surface area contributed by atoms with Crippen LogP contribution < -0.4 is 0 Å². The summed E-state index contributed by atoms with van der Waals surface area (Å²) in [6.07, 6.45) is 2.69. The van der Waals surface area contributed by atoms with Crippen molar-refractivity contribution >= 4 is 5.91 Å². The molecule has 6 heteroatoms. The molecule has 0 aliphatic rings. The average Bonchev–Trinajstić information content (AvgIpc) is 3.20. The fourth-order valence-corrected chi connectivity index (χ4v) is 3.39. The van der Waals surface area contributed by atoms with E-state index in [1.807, 2.05) is 59.3 Å². The van der Waals surface area contributed by atoms with Crippen LogP contribution in [0.1, 0.15) is 23.2 Å². The van der Waals surface area contributed by atoms with Crippen LogP contribution in [0.25, 0.3) is 0 Å². The SMILES string of the molecule is COCCCN(Cc1cccn1Cc1cccc(F)c1)C(=O)COCc1ccccc1. The van der Waals surface area contributed by atoms with Gasteiger partial charge in [-0.05, 0) is 41.8 Å². The number of methoxy groups -OCH3 is 1. The lowest BCUT2D eigenvalue weighted by atomic mass is 10.2. The molecule has 0 aliphatic carbocycles. The summed E-state index contributed by atoms with van der Waals surface area (Å²) in [6.45, 7) is 2.58. The lowest BCUT2D eigenvalue weighted by Gasteiger charge is -2.24. The van der Waals surface area contributed by atoms with E-state index in [0.29, 0.717) is 32.8 Å². The van der Waals surface area contributed by atoms with Gasteiger partial charge in [0.2, 0.25) is 5.91 Å². The molecule has 1 heterocycles. The normalized spacial score (nSPS) is 10.9. The highest BCUT2D eigenvalue weighted by Crippen LogP contribution is 2.13. The van der Waals surface area contributed by atoms with Gasteiger partial charge >= 0.3 is 0 Å². The number of aromatic nitrogens is 1. The average molecular weight is 425 g/mol. The van der Waals surface area contributed by atoms with E-state index in [9.17, 15) is 9.18 Å². The molecule has 0 radical (unpaired) electrons. The number of nitrogens with zero attached hydrogens (tertiary/aromatic N) is 2. The Morgan fingerprint density at radius 2 is 1.84 bits per heavy atom. The van der Waals surface area contributed by atoms with Crippen LogP contribution in [0.2, 0.25) is 0 Å². The highest BCUT2D eigenvalue weighted by Gasteiger charge is 2.16. The van der Waals surface area contributed by atoms with Crippen LogP contribution in [-0.2, 0) is 34.0 Å². The van der Waals surface area contributed by atoms with Gasteiger partial charge in [-0.1, -0.05) is 42.5 Å². The van der Waals surface area contributed by atoms with Gasteiger partial charge in [0.15, 0.2) is 0 Å². The van der Waals surface area contributed by atoms with Crippen molar-refractivity contribution < 1.29 is 18.7 Å². The van der Waals surface area contributed by atoms with Crippen molar-refractivity contribution in [3.8, 4) is 0 Å². The standard InChI is InChI=1S/C25H29FN2O3/c1-30-15-7-14-28(25(29)20-31-19-21-8-3-2-4-9-21)18-24-12-6-13-27(24)17-22-10-5-11-23(26)16-22/h2-6,8-13,16H,7,14-15,17-20H2,1H3. The lowest BCUT2D eigenvalue weighted by Crippen LogP contribution is -2.35. The van der Waals surface area contributed by atoms with E-state index in [4.69, 9.17) is 9.47 Å². The number of carbonyl (C=O) groups excluding carboxylic acids is 1. The zero-order chi connectivity index (χ0) is 21.9. The van der Waals surface area contributed by atoms with Gasteiger partial charge in [-0.3, -0.25) is 4.79 Å². The van der Waals surface area contributed by atoms with Crippen LogP contribution in [-0.4, -0.2) is 42.2 Å². The van der Waals surface area contributed by atoms with E-state index in [1.165, 1.54) is 12.1 Å². The van der Waals surface area contributed by atoms with Crippen LogP contribution in [0.15, 0.2) is 72.9 Å². The second-order valence-electron chi connectivity index (χ2n) is 7.40. The molecule has 164 valence electrons. The first kappa shape index (κ1) is 22.7. The molecule has 0 N–H and O–H groups in total. The van der Waals surface area contributed by atoms with Gasteiger partial charge < -0.3 is 18.9 Å². The van der Waals surface area contributed by atoms with Gasteiger partial charge in [0, 0.05) is 38.7 Å². The fraction of sp³-hybridized carbons (Fsp3) is 0.320. The van der Waals surface area contributed by atoms with Crippen molar-refractivity contribution in [2.75, 3.05) is 26.9 Å². The monoisotopic (exact) mass is 424 g/mol. The fourth-order valence-electron chi connectivity index (χ4n) is 3.39. The van der Waals surface area contributed by atoms with Crippen LogP contribution in [0.3, 0.4) is 0 Å². The Morgan fingerprint density at radius 1 is 1.03 bits per heavy atom. The van der Waals surface area contributed by atoms with Crippen LogP contribution >= 0.6 is 0 Å². The predicted molar refractivity (Wildman–Crippen MR) is 118 cm³/mol. The molecule has 3 aromatic rings. The van der Waals surface area contributed by atoms with E-state index in [-0.39, 0.29) is 18.3 Å². The summed E-state index contributed by atoms with van der Waals surface area (Å²) in [6, 6.07) is 20.3. The van der Waals surface area contributed by atoms with Crippen molar-refractivity contribution in [3.63, 3.8) is 0 Å².